The molecule has 3 aromatic rings. The van der Waals surface area contributed by atoms with Crippen LogP contribution >= 0.6 is 27.5 Å². The third kappa shape index (κ3) is 1.89. The van der Waals surface area contributed by atoms with Crippen LogP contribution in [0.5, 0.6) is 0 Å². The molecule has 6 heteroatoms. The first kappa shape index (κ1) is 11.6. The Labute approximate surface area is 115 Å². The van der Waals surface area contributed by atoms with E-state index in [2.05, 4.69) is 25.9 Å². The number of hydrogen-bond acceptors (Lipinski definition) is 2. The molecule has 2 aromatic heterocycles. The van der Waals surface area contributed by atoms with Crippen LogP contribution < -0.4 is 5.69 Å². The maximum Gasteiger partial charge on any atom is 0.323 e. The minimum absolute atomic E-state index is 0.224. The average Bonchev–Trinajstić information content (AvgIpc) is 2.91. The smallest absolute Gasteiger partial charge is 0.323 e. The fourth-order valence-corrected chi connectivity index (χ4v) is 2.78. The van der Waals surface area contributed by atoms with Crippen LogP contribution in [0.1, 0.15) is 16.5 Å². The summed E-state index contributed by atoms with van der Waals surface area (Å²) in [6.45, 7) is 0. The average molecular weight is 328 g/mol. The summed E-state index contributed by atoms with van der Waals surface area (Å²) in [7, 11) is 0. The van der Waals surface area contributed by atoms with Crippen LogP contribution in [0.2, 0.25) is 0 Å². The first-order chi connectivity index (χ1) is 8.65. The van der Waals surface area contributed by atoms with Crippen molar-refractivity contribution >= 4 is 38.6 Å². The fraction of sp³-hybridized carbons (Fsp3) is 0.0833. The van der Waals surface area contributed by atoms with Crippen molar-refractivity contribution in [3.05, 3.63) is 56.8 Å². The number of aromatic nitrogens is 2. The summed E-state index contributed by atoms with van der Waals surface area (Å²) >= 11 is 9.70. The summed E-state index contributed by atoms with van der Waals surface area (Å²) in [4.78, 5) is 16.6. The molecule has 0 saturated heterocycles. The topological polar surface area (TPSA) is 61.8 Å². The van der Waals surface area contributed by atoms with E-state index in [-0.39, 0.29) is 11.1 Å². The number of alkyl halides is 1. The molecular formula is C12H8BrClN2O2. The first-order valence-corrected chi connectivity index (χ1v) is 6.47. The Morgan fingerprint density at radius 3 is 2.72 bits per heavy atom. The van der Waals surface area contributed by atoms with E-state index in [9.17, 15) is 4.79 Å². The quantitative estimate of drug-likeness (QED) is 0.707. The van der Waals surface area contributed by atoms with E-state index in [0.717, 1.165) is 22.2 Å². The molecule has 92 valence electrons. The van der Waals surface area contributed by atoms with Gasteiger partial charge in [0.05, 0.1) is 22.7 Å². The third-order valence-electron chi connectivity index (χ3n) is 2.75. The van der Waals surface area contributed by atoms with Crippen LogP contribution in [-0.4, -0.2) is 9.97 Å². The van der Waals surface area contributed by atoms with Crippen molar-refractivity contribution in [3.63, 3.8) is 0 Å². The van der Waals surface area contributed by atoms with Crippen LogP contribution in [0, 0.1) is 0 Å². The predicted octanol–water partition coefficient (Wildman–Crippen LogP) is 3.54. The highest BCUT2D eigenvalue weighted by atomic mass is 79.9. The number of imidazole rings is 1. The second-order valence-corrected chi connectivity index (χ2v) is 5.05. The molecule has 2 N–H and O–H groups in total. The molecule has 0 aliphatic carbocycles. The lowest BCUT2D eigenvalue weighted by atomic mass is 10.1. The predicted molar refractivity (Wildman–Crippen MR) is 73.0 cm³/mol. The van der Waals surface area contributed by atoms with Gasteiger partial charge in [0.25, 0.3) is 0 Å². The Morgan fingerprint density at radius 2 is 2.00 bits per heavy atom. The molecule has 1 aromatic carbocycles. The van der Waals surface area contributed by atoms with Gasteiger partial charge in [0.2, 0.25) is 0 Å². The number of benzene rings is 1. The number of furan rings is 1. The van der Waals surface area contributed by atoms with Gasteiger partial charge in [0, 0.05) is 5.56 Å². The highest BCUT2D eigenvalue weighted by molar-refractivity contribution is 9.10. The molecule has 0 aliphatic rings. The number of aromatic amines is 2. The number of rotatable bonds is 2. The fourth-order valence-electron chi connectivity index (χ4n) is 1.87. The Hall–Kier alpha value is -1.46. The van der Waals surface area contributed by atoms with E-state index in [1.807, 2.05) is 24.3 Å². The molecule has 0 aliphatic heterocycles. The Balaban J connectivity index is 2.09. The Morgan fingerprint density at radius 1 is 1.22 bits per heavy atom. The molecule has 0 amide bonds. The standard InChI is InChI=1S/C12H8BrClN2O2/c13-11-7(3-4-18-11)10(14)6-1-2-8-9(5-6)16-12(17)15-8/h1-5,10H,(H2,15,16,17). The summed E-state index contributed by atoms with van der Waals surface area (Å²) in [5, 5.41) is -0.332. The molecule has 4 nitrogen and oxygen atoms in total. The van der Waals surface area contributed by atoms with Crippen molar-refractivity contribution in [2.75, 3.05) is 0 Å². The van der Waals surface area contributed by atoms with Crippen molar-refractivity contribution in [3.8, 4) is 0 Å². The molecule has 0 radical (unpaired) electrons. The van der Waals surface area contributed by atoms with Crippen LogP contribution in [-0.2, 0) is 0 Å². The van der Waals surface area contributed by atoms with E-state index < -0.39 is 0 Å². The molecule has 0 spiro atoms. The van der Waals surface area contributed by atoms with Gasteiger partial charge in [0.15, 0.2) is 4.67 Å². The SMILES string of the molecule is O=c1[nH]c2ccc(C(Cl)c3ccoc3Br)cc2[nH]1. The van der Waals surface area contributed by atoms with E-state index in [4.69, 9.17) is 16.0 Å². The summed E-state index contributed by atoms with van der Waals surface area (Å²) in [6.07, 6.45) is 1.57. The molecule has 3 rings (SSSR count). The zero-order valence-electron chi connectivity index (χ0n) is 9.04. The van der Waals surface area contributed by atoms with Crippen molar-refractivity contribution in [1.82, 2.24) is 9.97 Å². The maximum atomic E-state index is 11.2. The van der Waals surface area contributed by atoms with Crippen LogP contribution in [0.3, 0.4) is 0 Å². The third-order valence-corrected chi connectivity index (χ3v) is 3.88. The minimum Gasteiger partial charge on any atom is -0.457 e. The molecule has 1 unspecified atom stereocenters. The summed E-state index contributed by atoms with van der Waals surface area (Å²) in [5.41, 5.74) is 3.02. The van der Waals surface area contributed by atoms with Gasteiger partial charge >= 0.3 is 5.69 Å². The van der Waals surface area contributed by atoms with Gasteiger partial charge in [-0.2, -0.15) is 0 Å². The van der Waals surface area contributed by atoms with Gasteiger partial charge in [-0.25, -0.2) is 4.79 Å². The number of nitrogens with one attached hydrogen (secondary N) is 2. The number of H-pyrrole nitrogens is 2. The maximum absolute atomic E-state index is 11.2. The lowest BCUT2D eigenvalue weighted by Gasteiger charge is -2.08. The highest BCUT2D eigenvalue weighted by Crippen LogP contribution is 2.35. The Kier molecular flexibility index (Phi) is 2.80. The second kappa shape index (κ2) is 4.33. The summed E-state index contributed by atoms with van der Waals surface area (Å²) in [5.74, 6) is 0. The van der Waals surface area contributed by atoms with Crippen molar-refractivity contribution < 1.29 is 4.42 Å². The summed E-state index contributed by atoms with van der Waals surface area (Å²) < 4.78 is 5.78. The highest BCUT2D eigenvalue weighted by Gasteiger charge is 2.16. The monoisotopic (exact) mass is 326 g/mol. The van der Waals surface area contributed by atoms with Crippen molar-refractivity contribution in [1.29, 1.82) is 0 Å². The van der Waals surface area contributed by atoms with Crippen molar-refractivity contribution in [2.24, 2.45) is 0 Å². The first-order valence-electron chi connectivity index (χ1n) is 5.24. The summed E-state index contributed by atoms with van der Waals surface area (Å²) in [6, 6.07) is 7.37. The zero-order valence-corrected chi connectivity index (χ0v) is 11.4. The van der Waals surface area contributed by atoms with Gasteiger partial charge in [-0.3, -0.25) is 0 Å². The zero-order chi connectivity index (χ0) is 12.7. The van der Waals surface area contributed by atoms with Gasteiger partial charge in [0.1, 0.15) is 0 Å². The largest absolute Gasteiger partial charge is 0.457 e. The van der Waals surface area contributed by atoms with E-state index in [1.54, 1.807) is 6.26 Å². The molecule has 0 saturated carbocycles. The molecule has 2 heterocycles. The molecular weight excluding hydrogens is 320 g/mol. The van der Waals surface area contributed by atoms with Crippen molar-refractivity contribution in [2.45, 2.75) is 5.38 Å². The minimum atomic E-state index is -0.332. The van der Waals surface area contributed by atoms with E-state index in [0.29, 0.717) is 4.67 Å². The number of hydrogen-bond donors (Lipinski definition) is 2. The molecule has 0 bridgehead atoms. The molecule has 18 heavy (non-hydrogen) atoms. The molecule has 1 atom stereocenters. The van der Waals surface area contributed by atoms with Gasteiger partial charge in [-0.05, 0) is 39.7 Å². The second-order valence-electron chi connectivity index (χ2n) is 3.90. The van der Waals surface area contributed by atoms with E-state index >= 15 is 0 Å². The number of halogens is 2. The normalized spacial score (nSPS) is 13.0. The number of fused-ring (bicyclic) bond motifs is 1. The van der Waals surface area contributed by atoms with Gasteiger partial charge < -0.3 is 14.4 Å². The van der Waals surface area contributed by atoms with Crippen LogP contribution in [0.15, 0.2) is 44.4 Å². The lowest BCUT2D eigenvalue weighted by molar-refractivity contribution is 0.537. The Bertz CT molecular complexity index is 759. The lowest BCUT2D eigenvalue weighted by Crippen LogP contribution is -1.99. The van der Waals surface area contributed by atoms with Gasteiger partial charge in [-0.1, -0.05) is 6.07 Å². The van der Waals surface area contributed by atoms with Gasteiger partial charge in [-0.15, -0.1) is 11.6 Å². The van der Waals surface area contributed by atoms with E-state index in [1.165, 1.54) is 0 Å². The van der Waals surface area contributed by atoms with Crippen LogP contribution in [0.4, 0.5) is 0 Å². The van der Waals surface area contributed by atoms with Crippen LogP contribution in [0.25, 0.3) is 11.0 Å². The molecule has 0 fully saturated rings.